The molecule has 0 unspecified atom stereocenters. The van der Waals surface area contributed by atoms with E-state index in [0.717, 1.165) is 64.6 Å². The lowest BCUT2D eigenvalue weighted by Gasteiger charge is -2.27. The molecule has 0 spiro atoms. The van der Waals surface area contributed by atoms with Crippen molar-refractivity contribution in [1.29, 1.82) is 0 Å². The van der Waals surface area contributed by atoms with Gasteiger partial charge in [-0.05, 0) is 47.8 Å². The van der Waals surface area contributed by atoms with Crippen molar-refractivity contribution >= 4 is 22.9 Å². The molecular formula is C22H18ClN3OS. The molecule has 0 aliphatic carbocycles. The second-order valence-electron chi connectivity index (χ2n) is 6.88. The molecular weight excluding hydrogens is 390 g/mol. The van der Waals surface area contributed by atoms with Crippen LogP contribution in [0.5, 0.6) is 0 Å². The summed E-state index contributed by atoms with van der Waals surface area (Å²) in [6.45, 7) is 2.58. The number of benzene rings is 1. The van der Waals surface area contributed by atoms with Crippen LogP contribution < -0.4 is 0 Å². The normalized spacial score (nSPS) is 14.2. The maximum absolute atomic E-state index is 6.05. The molecule has 1 aromatic carbocycles. The summed E-state index contributed by atoms with van der Waals surface area (Å²) in [5.74, 6) is 2.67. The number of aromatic nitrogens is 2. The standard InChI is InChI=1S/C22H18ClN3OS/c23-17-5-3-15(4-6-17)20-8-7-18(27-20)14-26-10-9-19-16(13-26)12-24-22(25-19)21-2-1-11-28-21/h1-8,11-12H,9-10,13-14H2. The first kappa shape index (κ1) is 17.6. The van der Waals surface area contributed by atoms with Gasteiger partial charge in [0, 0.05) is 41.9 Å². The Labute approximate surface area is 172 Å². The molecule has 4 aromatic rings. The third-order valence-electron chi connectivity index (χ3n) is 4.92. The van der Waals surface area contributed by atoms with E-state index in [1.807, 2.05) is 42.6 Å². The monoisotopic (exact) mass is 407 g/mol. The van der Waals surface area contributed by atoms with Crippen molar-refractivity contribution in [3.05, 3.63) is 82.1 Å². The number of nitrogens with zero attached hydrogens (tertiary/aromatic N) is 3. The molecule has 5 rings (SSSR count). The fourth-order valence-corrected chi connectivity index (χ4v) is 4.28. The van der Waals surface area contributed by atoms with Gasteiger partial charge in [0.15, 0.2) is 5.82 Å². The van der Waals surface area contributed by atoms with Crippen LogP contribution in [0.15, 0.2) is 64.5 Å². The summed E-state index contributed by atoms with van der Waals surface area (Å²) in [5, 5.41) is 2.79. The Kier molecular flexibility index (Phi) is 4.72. The van der Waals surface area contributed by atoms with Crippen LogP contribution in [0.3, 0.4) is 0 Å². The molecule has 0 bridgehead atoms. The number of furan rings is 1. The molecule has 0 N–H and O–H groups in total. The van der Waals surface area contributed by atoms with Crippen molar-refractivity contribution in [3.8, 4) is 22.0 Å². The molecule has 3 aromatic heterocycles. The highest BCUT2D eigenvalue weighted by atomic mass is 35.5. The van der Waals surface area contributed by atoms with E-state index >= 15 is 0 Å². The Morgan fingerprint density at radius 1 is 1.11 bits per heavy atom. The molecule has 1 aliphatic heterocycles. The summed E-state index contributed by atoms with van der Waals surface area (Å²) >= 11 is 7.64. The Hall–Kier alpha value is -2.47. The van der Waals surface area contributed by atoms with Gasteiger partial charge >= 0.3 is 0 Å². The number of thiophene rings is 1. The number of fused-ring (bicyclic) bond motifs is 1. The van der Waals surface area contributed by atoms with E-state index in [2.05, 4.69) is 27.4 Å². The third kappa shape index (κ3) is 3.61. The lowest BCUT2D eigenvalue weighted by atomic mass is 10.1. The highest BCUT2D eigenvalue weighted by molar-refractivity contribution is 7.13. The molecule has 0 saturated carbocycles. The molecule has 0 radical (unpaired) electrons. The van der Waals surface area contributed by atoms with Crippen molar-refractivity contribution in [2.75, 3.05) is 6.54 Å². The van der Waals surface area contributed by atoms with Gasteiger partial charge in [-0.25, -0.2) is 9.97 Å². The summed E-state index contributed by atoms with van der Waals surface area (Å²) in [6.07, 6.45) is 2.91. The summed E-state index contributed by atoms with van der Waals surface area (Å²) < 4.78 is 6.05. The van der Waals surface area contributed by atoms with Gasteiger partial charge in [0.2, 0.25) is 0 Å². The van der Waals surface area contributed by atoms with Gasteiger partial charge in [-0.1, -0.05) is 17.7 Å². The highest BCUT2D eigenvalue weighted by Crippen LogP contribution is 2.27. The highest BCUT2D eigenvalue weighted by Gasteiger charge is 2.20. The van der Waals surface area contributed by atoms with Crippen LogP contribution in [0.4, 0.5) is 0 Å². The molecule has 1 aliphatic rings. The lowest BCUT2D eigenvalue weighted by molar-refractivity contribution is 0.224. The van der Waals surface area contributed by atoms with Gasteiger partial charge in [0.1, 0.15) is 11.5 Å². The quantitative estimate of drug-likeness (QED) is 0.436. The van der Waals surface area contributed by atoms with Crippen LogP contribution in [0.1, 0.15) is 17.0 Å². The zero-order chi connectivity index (χ0) is 18.9. The number of rotatable bonds is 4. The predicted molar refractivity (Wildman–Crippen MR) is 112 cm³/mol. The Morgan fingerprint density at radius 2 is 2.00 bits per heavy atom. The summed E-state index contributed by atoms with van der Waals surface area (Å²) in [7, 11) is 0. The van der Waals surface area contributed by atoms with Crippen molar-refractivity contribution < 1.29 is 4.42 Å². The minimum Gasteiger partial charge on any atom is -0.460 e. The maximum Gasteiger partial charge on any atom is 0.169 e. The van der Waals surface area contributed by atoms with Crippen LogP contribution in [0.25, 0.3) is 22.0 Å². The van der Waals surface area contributed by atoms with Crippen LogP contribution in [-0.2, 0) is 19.5 Å². The third-order valence-corrected chi connectivity index (χ3v) is 6.04. The van der Waals surface area contributed by atoms with E-state index in [1.54, 1.807) is 11.3 Å². The number of halogens is 1. The molecule has 4 heterocycles. The smallest absolute Gasteiger partial charge is 0.169 e. The van der Waals surface area contributed by atoms with E-state index in [9.17, 15) is 0 Å². The second kappa shape index (κ2) is 7.51. The van der Waals surface area contributed by atoms with Gasteiger partial charge in [-0.15, -0.1) is 11.3 Å². The van der Waals surface area contributed by atoms with Crippen LogP contribution >= 0.6 is 22.9 Å². The van der Waals surface area contributed by atoms with E-state index in [0.29, 0.717) is 0 Å². The largest absolute Gasteiger partial charge is 0.460 e. The molecule has 6 heteroatoms. The van der Waals surface area contributed by atoms with E-state index in [1.165, 1.54) is 5.56 Å². The van der Waals surface area contributed by atoms with E-state index in [4.69, 9.17) is 21.0 Å². The first-order chi connectivity index (χ1) is 13.7. The zero-order valence-corrected chi connectivity index (χ0v) is 16.7. The van der Waals surface area contributed by atoms with Gasteiger partial charge in [-0.3, -0.25) is 4.90 Å². The fourth-order valence-electron chi connectivity index (χ4n) is 3.49. The van der Waals surface area contributed by atoms with Crippen LogP contribution in [0, 0.1) is 0 Å². The summed E-state index contributed by atoms with van der Waals surface area (Å²) in [4.78, 5) is 12.8. The molecule has 0 atom stereocenters. The molecule has 0 saturated heterocycles. The molecule has 140 valence electrons. The van der Waals surface area contributed by atoms with Crippen LogP contribution in [0.2, 0.25) is 5.02 Å². The van der Waals surface area contributed by atoms with Gasteiger partial charge < -0.3 is 4.42 Å². The SMILES string of the molecule is Clc1ccc(-c2ccc(CN3CCc4nc(-c5cccs5)ncc4C3)o2)cc1. The Bertz CT molecular complexity index is 1090. The maximum atomic E-state index is 6.05. The van der Waals surface area contributed by atoms with Crippen molar-refractivity contribution in [1.82, 2.24) is 14.9 Å². The van der Waals surface area contributed by atoms with Crippen molar-refractivity contribution in [2.45, 2.75) is 19.5 Å². The first-order valence-electron chi connectivity index (χ1n) is 9.20. The Balaban J connectivity index is 1.29. The van der Waals surface area contributed by atoms with Crippen molar-refractivity contribution in [2.24, 2.45) is 0 Å². The van der Waals surface area contributed by atoms with Crippen LogP contribution in [-0.4, -0.2) is 21.4 Å². The van der Waals surface area contributed by atoms with Gasteiger partial charge in [-0.2, -0.15) is 0 Å². The summed E-state index contributed by atoms with van der Waals surface area (Å²) in [5.41, 5.74) is 3.40. The average molecular weight is 408 g/mol. The predicted octanol–water partition coefficient (Wildman–Crippen LogP) is 5.68. The second-order valence-corrected chi connectivity index (χ2v) is 8.26. The zero-order valence-electron chi connectivity index (χ0n) is 15.1. The number of hydrogen-bond donors (Lipinski definition) is 0. The first-order valence-corrected chi connectivity index (χ1v) is 10.5. The molecule has 0 amide bonds. The average Bonchev–Trinajstić information content (AvgIpc) is 3.41. The van der Waals surface area contributed by atoms with E-state index in [-0.39, 0.29) is 0 Å². The lowest BCUT2D eigenvalue weighted by Crippen LogP contribution is -2.30. The van der Waals surface area contributed by atoms with E-state index < -0.39 is 0 Å². The van der Waals surface area contributed by atoms with Gasteiger partial charge in [0.05, 0.1) is 17.1 Å². The topological polar surface area (TPSA) is 42.2 Å². The minimum atomic E-state index is 0.729. The molecule has 0 fully saturated rings. The Morgan fingerprint density at radius 3 is 2.82 bits per heavy atom. The van der Waals surface area contributed by atoms with Crippen molar-refractivity contribution in [3.63, 3.8) is 0 Å². The van der Waals surface area contributed by atoms with Gasteiger partial charge in [0.25, 0.3) is 0 Å². The number of hydrogen-bond acceptors (Lipinski definition) is 5. The minimum absolute atomic E-state index is 0.729. The molecule has 4 nitrogen and oxygen atoms in total. The fraction of sp³-hybridized carbons (Fsp3) is 0.182. The summed E-state index contributed by atoms with van der Waals surface area (Å²) in [6, 6.07) is 15.9. The molecule has 28 heavy (non-hydrogen) atoms.